The van der Waals surface area contributed by atoms with E-state index in [0.29, 0.717) is 18.2 Å². The van der Waals surface area contributed by atoms with Crippen LogP contribution in [0.1, 0.15) is 46.5 Å². The molecule has 3 unspecified atom stereocenters. The molecule has 2 aliphatic heterocycles. The molecule has 98 valence electrons. The maximum Gasteiger partial charge on any atom is 0.0990 e. The van der Waals surface area contributed by atoms with E-state index in [1.165, 1.54) is 24.8 Å². The molecule has 2 heteroatoms. The summed E-state index contributed by atoms with van der Waals surface area (Å²) in [5.41, 5.74) is 4.68. The molecule has 0 radical (unpaired) electrons. The summed E-state index contributed by atoms with van der Waals surface area (Å²) >= 11 is 0. The van der Waals surface area contributed by atoms with Crippen molar-refractivity contribution in [2.75, 3.05) is 0 Å². The highest BCUT2D eigenvalue weighted by Gasteiger charge is 2.39. The highest BCUT2D eigenvalue weighted by atomic mass is 15.4. The first-order valence-corrected chi connectivity index (χ1v) is 7.18. The third kappa shape index (κ3) is 2.03. The Morgan fingerprint density at radius 3 is 2.89 bits per heavy atom. The van der Waals surface area contributed by atoms with Crippen LogP contribution in [0, 0.1) is 0 Å². The Morgan fingerprint density at radius 2 is 2.06 bits per heavy atom. The summed E-state index contributed by atoms with van der Waals surface area (Å²) in [6, 6.07) is 1.29. The minimum absolute atomic E-state index is 0.421. The average molecular weight is 244 g/mol. The first-order valence-electron chi connectivity index (χ1n) is 7.18. The van der Waals surface area contributed by atoms with Crippen molar-refractivity contribution in [3.63, 3.8) is 0 Å². The molecule has 3 aliphatic rings. The summed E-state index contributed by atoms with van der Waals surface area (Å²) in [5.74, 6) is 0. The van der Waals surface area contributed by atoms with Crippen molar-refractivity contribution in [1.29, 1.82) is 0 Å². The Morgan fingerprint density at radius 1 is 1.22 bits per heavy atom. The van der Waals surface area contributed by atoms with Gasteiger partial charge in [0.2, 0.25) is 0 Å². The van der Waals surface area contributed by atoms with Crippen molar-refractivity contribution in [1.82, 2.24) is 10.2 Å². The minimum atomic E-state index is 0.421. The quantitative estimate of drug-likeness (QED) is 0.657. The van der Waals surface area contributed by atoms with Crippen LogP contribution in [0.5, 0.6) is 0 Å². The Labute approximate surface area is 110 Å². The molecule has 0 bridgehead atoms. The zero-order valence-corrected chi connectivity index (χ0v) is 11.7. The van der Waals surface area contributed by atoms with Gasteiger partial charge in [-0.15, -0.1) is 0 Å². The second kappa shape index (κ2) is 4.58. The van der Waals surface area contributed by atoms with Gasteiger partial charge in [0.1, 0.15) is 0 Å². The second-order valence-corrected chi connectivity index (χ2v) is 6.14. The van der Waals surface area contributed by atoms with Gasteiger partial charge < -0.3 is 4.90 Å². The fraction of sp³-hybridized carbons (Fsp3) is 0.625. The van der Waals surface area contributed by atoms with Crippen molar-refractivity contribution >= 4 is 0 Å². The summed E-state index contributed by atoms with van der Waals surface area (Å²) < 4.78 is 0. The van der Waals surface area contributed by atoms with Crippen LogP contribution < -0.4 is 5.32 Å². The van der Waals surface area contributed by atoms with Crippen LogP contribution in [0.15, 0.2) is 35.1 Å². The SMILES string of the molecule is CC1=CC2NC3CCC(C)=C(C)CC3N2C=CC1. The summed E-state index contributed by atoms with van der Waals surface area (Å²) in [6.45, 7) is 6.85. The Kier molecular flexibility index (Phi) is 3.06. The number of nitrogens with one attached hydrogen (secondary N) is 1. The molecule has 1 aliphatic carbocycles. The van der Waals surface area contributed by atoms with E-state index in [1.807, 2.05) is 0 Å². The zero-order valence-electron chi connectivity index (χ0n) is 11.7. The Hall–Kier alpha value is -1.02. The Bertz CT molecular complexity index is 430. The number of fused-ring (bicyclic) bond motifs is 3. The molecule has 0 aromatic heterocycles. The number of hydrogen-bond acceptors (Lipinski definition) is 2. The van der Waals surface area contributed by atoms with E-state index >= 15 is 0 Å². The molecule has 0 aromatic rings. The van der Waals surface area contributed by atoms with Crippen molar-refractivity contribution < 1.29 is 0 Å². The van der Waals surface area contributed by atoms with Gasteiger partial charge in [-0.2, -0.15) is 0 Å². The molecule has 0 amide bonds. The molecule has 3 atom stereocenters. The molecule has 1 fully saturated rings. The lowest BCUT2D eigenvalue weighted by Crippen LogP contribution is -2.33. The minimum Gasteiger partial charge on any atom is -0.354 e. The molecule has 2 nitrogen and oxygen atoms in total. The first kappa shape index (κ1) is 12.0. The highest BCUT2D eigenvalue weighted by Crippen LogP contribution is 2.33. The number of hydrogen-bond donors (Lipinski definition) is 1. The van der Waals surface area contributed by atoms with Crippen LogP contribution in [-0.2, 0) is 0 Å². The van der Waals surface area contributed by atoms with Crippen molar-refractivity contribution in [2.45, 2.75) is 64.7 Å². The van der Waals surface area contributed by atoms with E-state index in [9.17, 15) is 0 Å². The first-order chi connectivity index (χ1) is 8.65. The van der Waals surface area contributed by atoms with Gasteiger partial charge in [-0.1, -0.05) is 22.8 Å². The smallest absolute Gasteiger partial charge is 0.0990 e. The normalized spacial score (nSPS) is 35.8. The fourth-order valence-electron chi connectivity index (χ4n) is 3.46. The predicted molar refractivity (Wildman–Crippen MR) is 76.1 cm³/mol. The van der Waals surface area contributed by atoms with E-state index in [-0.39, 0.29) is 0 Å². The highest BCUT2D eigenvalue weighted by molar-refractivity contribution is 5.22. The van der Waals surface area contributed by atoms with Gasteiger partial charge in [-0.25, -0.2) is 0 Å². The van der Waals surface area contributed by atoms with Gasteiger partial charge in [0.05, 0.1) is 6.17 Å². The fourth-order valence-corrected chi connectivity index (χ4v) is 3.46. The van der Waals surface area contributed by atoms with Gasteiger partial charge in [0, 0.05) is 12.1 Å². The molecular weight excluding hydrogens is 220 g/mol. The summed E-state index contributed by atoms with van der Waals surface area (Å²) in [5, 5.41) is 3.82. The van der Waals surface area contributed by atoms with Crippen LogP contribution in [0.3, 0.4) is 0 Å². The maximum atomic E-state index is 3.82. The van der Waals surface area contributed by atoms with Crippen LogP contribution in [0.2, 0.25) is 0 Å². The van der Waals surface area contributed by atoms with E-state index in [0.717, 1.165) is 6.42 Å². The summed E-state index contributed by atoms with van der Waals surface area (Å²) in [6.07, 6.45) is 12.3. The molecule has 3 rings (SSSR count). The molecule has 18 heavy (non-hydrogen) atoms. The average Bonchev–Trinajstić information content (AvgIpc) is 2.48. The van der Waals surface area contributed by atoms with Crippen molar-refractivity contribution in [2.24, 2.45) is 0 Å². The molecule has 0 spiro atoms. The molecule has 2 heterocycles. The van der Waals surface area contributed by atoms with Crippen LogP contribution in [0.25, 0.3) is 0 Å². The monoisotopic (exact) mass is 244 g/mol. The lowest BCUT2D eigenvalue weighted by Gasteiger charge is -2.27. The van der Waals surface area contributed by atoms with E-state index in [1.54, 1.807) is 11.1 Å². The zero-order chi connectivity index (χ0) is 12.7. The second-order valence-electron chi connectivity index (χ2n) is 6.14. The third-order valence-corrected chi connectivity index (χ3v) is 4.79. The topological polar surface area (TPSA) is 15.3 Å². The molecule has 1 saturated heterocycles. The molecule has 0 saturated carbocycles. The van der Waals surface area contributed by atoms with Gasteiger partial charge in [-0.3, -0.25) is 5.32 Å². The number of rotatable bonds is 0. The lowest BCUT2D eigenvalue weighted by atomic mass is 10.0. The van der Waals surface area contributed by atoms with Gasteiger partial charge >= 0.3 is 0 Å². The van der Waals surface area contributed by atoms with Crippen molar-refractivity contribution in [3.8, 4) is 0 Å². The maximum absolute atomic E-state index is 3.82. The number of allylic oxidation sites excluding steroid dienone is 3. The standard InChI is InChI=1S/C16H24N2/c1-11-5-4-8-18-15-10-13(3)12(2)6-7-14(15)17-16(18)9-11/h4,8-9,14-17H,5-7,10H2,1-3H3. The third-order valence-electron chi connectivity index (χ3n) is 4.79. The number of nitrogens with zero attached hydrogens (tertiary/aromatic N) is 1. The van der Waals surface area contributed by atoms with Crippen molar-refractivity contribution in [3.05, 3.63) is 35.1 Å². The van der Waals surface area contributed by atoms with Gasteiger partial charge in [0.25, 0.3) is 0 Å². The van der Waals surface area contributed by atoms with Crippen LogP contribution in [0.4, 0.5) is 0 Å². The summed E-state index contributed by atoms with van der Waals surface area (Å²) in [7, 11) is 0. The summed E-state index contributed by atoms with van der Waals surface area (Å²) in [4.78, 5) is 2.54. The molecular formula is C16H24N2. The molecule has 0 aromatic carbocycles. The lowest BCUT2D eigenvalue weighted by molar-refractivity contribution is 0.294. The van der Waals surface area contributed by atoms with E-state index in [4.69, 9.17) is 0 Å². The Balaban J connectivity index is 1.88. The predicted octanol–water partition coefficient (Wildman–Crippen LogP) is 3.34. The largest absolute Gasteiger partial charge is 0.354 e. The van der Waals surface area contributed by atoms with E-state index in [2.05, 4.69) is 49.3 Å². The van der Waals surface area contributed by atoms with Crippen LogP contribution >= 0.6 is 0 Å². The van der Waals surface area contributed by atoms with Crippen LogP contribution in [-0.4, -0.2) is 23.1 Å². The van der Waals surface area contributed by atoms with Gasteiger partial charge in [-0.05, 0) is 58.7 Å². The molecule has 1 N–H and O–H groups in total. The van der Waals surface area contributed by atoms with E-state index < -0.39 is 0 Å². The van der Waals surface area contributed by atoms with Gasteiger partial charge in [0.15, 0.2) is 0 Å².